The monoisotopic (exact) mass is 346 g/mol. The summed E-state index contributed by atoms with van der Waals surface area (Å²) in [5.41, 5.74) is 6.46. The van der Waals surface area contributed by atoms with Crippen LogP contribution in [0.4, 0.5) is 0 Å². The van der Waals surface area contributed by atoms with Gasteiger partial charge in [-0.25, -0.2) is 0 Å². The van der Waals surface area contributed by atoms with Gasteiger partial charge >= 0.3 is 0 Å². The van der Waals surface area contributed by atoms with Crippen molar-refractivity contribution in [1.82, 2.24) is 0 Å². The van der Waals surface area contributed by atoms with Gasteiger partial charge < -0.3 is 0 Å². The van der Waals surface area contributed by atoms with Crippen LogP contribution in [-0.4, -0.2) is 0 Å². The quantitative estimate of drug-likeness (QED) is 0.543. The second kappa shape index (κ2) is 6.87. The van der Waals surface area contributed by atoms with Gasteiger partial charge in [0, 0.05) is 0 Å². The molecular formula is C26H34. The number of aryl methyl sites for hydroxylation is 2. The highest BCUT2D eigenvalue weighted by Gasteiger charge is 2.53. The van der Waals surface area contributed by atoms with Crippen molar-refractivity contribution >= 4 is 0 Å². The molecule has 0 aromatic heterocycles. The number of rotatable bonds is 3. The molecule has 2 saturated carbocycles. The van der Waals surface area contributed by atoms with Crippen LogP contribution in [0.25, 0.3) is 0 Å². The van der Waals surface area contributed by atoms with E-state index in [1.807, 2.05) is 0 Å². The molecule has 0 saturated heterocycles. The van der Waals surface area contributed by atoms with E-state index in [1.54, 1.807) is 11.1 Å². The normalized spacial score (nSPS) is 33.8. The molecule has 0 aliphatic heterocycles. The van der Waals surface area contributed by atoms with Crippen molar-refractivity contribution in [2.75, 3.05) is 0 Å². The van der Waals surface area contributed by atoms with E-state index in [-0.39, 0.29) is 0 Å². The zero-order valence-corrected chi connectivity index (χ0v) is 17.0. The molecule has 2 aromatic rings. The van der Waals surface area contributed by atoms with Crippen molar-refractivity contribution in [3.05, 3.63) is 70.8 Å². The zero-order valence-electron chi connectivity index (χ0n) is 17.0. The molecule has 0 N–H and O–H groups in total. The van der Waals surface area contributed by atoms with E-state index < -0.39 is 0 Å². The highest BCUT2D eigenvalue weighted by molar-refractivity contribution is 5.35. The molecule has 2 aliphatic rings. The SMILES string of the molecule is CCC12CCC(C)C1C(c1ccc(C)cc1)C(c1ccc(C)cc1)CC2. The minimum Gasteiger partial charge on any atom is -0.0648 e. The summed E-state index contributed by atoms with van der Waals surface area (Å²) >= 11 is 0. The van der Waals surface area contributed by atoms with Crippen LogP contribution in [0.1, 0.15) is 80.0 Å². The molecule has 0 radical (unpaired) electrons. The molecule has 5 atom stereocenters. The van der Waals surface area contributed by atoms with Crippen molar-refractivity contribution in [1.29, 1.82) is 0 Å². The summed E-state index contributed by atoms with van der Waals surface area (Å²) in [6.07, 6.45) is 6.98. The molecule has 2 fully saturated rings. The van der Waals surface area contributed by atoms with Gasteiger partial charge in [0.15, 0.2) is 0 Å². The number of hydrogen-bond acceptors (Lipinski definition) is 0. The summed E-state index contributed by atoms with van der Waals surface area (Å²) in [6.45, 7) is 9.38. The van der Waals surface area contributed by atoms with Crippen molar-refractivity contribution in [2.24, 2.45) is 17.3 Å². The highest BCUT2D eigenvalue weighted by atomic mass is 14.6. The van der Waals surface area contributed by atoms with Crippen molar-refractivity contribution in [2.45, 2.75) is 71.6 Å². The molecule has 0 nitrogen and oxygen atoms in total. The van der Waals surface area contributed by atoms with Crippen molar-refractivity contribution in [3.8, 4) is 0 Å². The maximum absolute atomic E-state index is 2.53. The summed E-state index contributed by atoms with van der Waals surface area (Å²) in [5, 5.41) is 0. The minimum atomic E-state index is 0.580. The Bertz CT molecular complexity index is 739. The molecular weight excluding hydrogens is 312 g/mol. The summed E-state index contributed by atoms with van der Waals surface area (Å²) in [6, 6.07) is 18.9. The number of benzene rings is 2. The Labute approximate surface area is 160 Å². The van der Waals surface area contributed by atoms with E-state index >= 15 is 0 Å². The van der Waals surface area contributed by atoms with Gasteiger partial charge in [0.1, 0.15) is 0 Å². The van der Waals surface area contributed by atoms with Crippen LogP contribution in [0, 0.1) is 31.1 Å². The molecule has 0 bridgehead atoms. The predicted octanol–water partition coefficient (Wildman–Crippen LogP) is 7.41. The third-order valence-electron chi connectivity index (χ3n) is 7.86. The maximum atomic E-state index is 2.53. The summed E-state index contributed by atoms with van der Waals surface area (Å²) in [4.78, 5) is 0. The Morgan fingerprint density at radius 3 is 1.92 bits per heavy atom. The van der Waals surface area contributed by atoms with Crippen LogP contribution in [0.15, 0.2) is 48.5 Å². The van der Waals surface area contributed by atoms with Crippen molar-refractivity contribution in [3.63, 3.8) is 0 Å². The smallest absolute Gasteiger partial charge is 0.00569 e. The first-order valence-corrected chi connectivity index (χ1v) is 10.7. The Balaban J connectivity index is 1.81. The summed E-state index contributed by atoms with van der Waals surface area (Å²) in [5.74, 6) is 3.01. The fraction of sp³-hybridized carbons (Fsp3) is 0.538. The Hall–Kier alpha value is -1.56. The molecule has 0 heteroatoms. The lowest BCUT2D eigenvalue weighted by Gasteiger charge is -2.50. The van der Waals surface area contributed by atoms with E-state index in [4.69, 9.17) is 0 Å². The fourth-order valence-electron chi connectivity index (χ4n) is 6.37. The van der Waals surface area contributed by atoms with Gasteiger partial charge in [-0.1, -0.05) is 79.9 Å². The predicted molar refractivity (Wildman–Crippen MR) is 112 cm³/mol. The van der Waals surface area contributed by atoms with Gasteiger partial charge in [0.05, 0.1) is 0 Å². The Kier molecular flexibility index (Phi) is 4.71. The molecule has 2 aliphatic carbocycles. The van der Waals surface area contributed by atoms with Gasteiger partial charge in [-0.15, -0.1) is 0 Å². The third-order valence-corrected chi connectivity index (χ3v) is 7.86. The maximum Gasteiger partial charge on any atom is -0.00569 e. The summed E-state index contributed by atoms with van der Waals surface area (Å²) in [7, 11) is 0. The van der Waals surface area contributed by atoms with Crippen LogP contribution >= 0.6 is 0 Å². The van der Waals surface area contributed by atoms with Crippen LogP contribution in [0.3, 0.4) is 0 Å². The first-order valence-electron chi connectivity index (χ1n) is 10.7. The van der Waals surface area contributed by atoms with Gasteiger partial charge in [-0.2, -0.15) is 0 Å². The molecule has 0 spiro atoms. The van der Waals surface area contributed by atoms with Gasteiger partial charge in [-0.3, -0.25) is 0 Å². The zero-order chi connectivity index (χ0) is 18.3. The van der Waals surface area contributed by atoms with E-state index in [2.05, 4.69) is 76.2 Å². The standard InChI is InChI=1S/C26H34/c1-5-26-16-14-20(4)25(26)24(22-12-8-19(3)9-13-22)23(15-17-26)21-10-6-18(2)7-11-21/h6-13,20,23-25H,5,14-17H2,1-4H3. The molecule has 4 rings (SSSR count). The second-order valence-corrected chi connectivity index (χ2v) is 9.25. The number of hydrogen-bond donors (Lipinski definition) is 0. The van der Waals surface area contributed by atoms with Crippen LogP contribution in [-0.2, 0) is 0 Å². The first-order chi connectivity index (χ1) is 12.5. The second-order valence-electron chi connectivity index (χ2n) is 9.25. The van der Waals surface area contributed by atoms with Gasteiger partial charge in [0.25, 0.3) is 0 Å². The Morgan fingerprint density at radius 2 is 1.35 bits per heavy atom. The largest absolute Gasteiger partial charge is 0.0648 e. The number of fused-ring (bicyclic) bond motifs is 1. The van der Waals surface area contributed by atoms with E-state index in [0.717, 1.165) is 11.8 Å². The minimum absolute atomic E-state index is 0.580. The van der Waals surface area contributed by atoms with E-state index in [9.17, 15) is 0 Å². The lowest BCUT2D eigenvalue weighted by molar-refractivity contribution is 0.0658. The molecule has 138 valence electrons. The van der Waals surface area contributed by atoms with Crippen LogP contribution in [0.2, 0.25) is 0 Å². The lowest BCUT2D eigenvalue weighted by Crippen LogP contribution is -2.39. The molecule has 2 aromatic carbocycles. The van der Waals surface area contributed by atoms with Gasteiger partial charge in [0.2, 0.25) is 0 Å². The average molecular weight is 347 g/mol. The third kappa shape index (κ3) is 2.92. The first kappa shape index (κ1) is 17.8. The molecule has 0 heterocycles. The van der Waals surface area contributed by atoms with E-state index in [0.29, 0.717) is 17.3 Å². The summed E-state index contributed by atoms with van der Waals surface area (Å²) < 4.78 is 0. The fourth-order valence-corrected chi connectivity index (χ4v) is 6.37. The Morgan fingerprint density at radius 1 is 0.808 bits per heavy atom. The topological polar surface area (TPSA) is 0 Å². The molecule has 5 unspecified atom stereocenters. The average Bonchev–Trinajstić information content (AvgIpc) is 3.00. The van der Waals surface area contributed by atoms with E-state index in [1.165, 1.54) is 43.2 Å². The molecule has 0 amide bonds. The van der Waals surface area contributed by atoms with Gasteiger partial charge in [-0.05, 0) is 79.7 Å². The molecule has 26 heavy (non-hydrogen) atoms. The lowest BCUT2D eigenvalue weighted by atomic mass is 9.54. The van der Waals surface area contributed by atoms with Crippen molar-refractivity contribution < 1.29 is 0 Å². The van der Waals surface area contributed by atoms with Crippen LogP contribution < -0.4 is 0 Å². The highest BCUT2D eigenvalue weighted by Crippen LogP contribution is 2.64. The van der Waals surface area contributed by atoms with Crippen LogP contribution in [0.5, 0.6) is 0 Å².